The first-order chi connectivity index (χ1) is 7.58. The zero-order chi connectivity index (χ0) is 11.7. The Hall–Kier alpha value is -0.760. The summed E-state index contributed by atoms with van der Waals surface area (Å²) in [5.41, 5.74) is 0.441. The van der Waals surface area contributed by atoms with Crippen molar-refractivity contribution < 1.29 is 4.39 Å². The van der Waals surface area contributed by atoms with Crippen LogP contribution in [0.1, 0.15) is 0 Å². The van der Waals surface area contributed by atoms with Crippen molar-refractivity contribution in [3.8, 4) is 11.4 Å². The van der Waals surface area contributed by atoms with E-state index in [1.165, 1.54) is 18.3 Å². The molecule has 2 aromatic rings. The van der Waals surface area contributed by atoms with Crippen LogP contribution in [-0.2, 0) is 0 Å². The number of nitrogens with zero attached hydrogens (tertiary/aromatic N) is 1. The van der Waals surface area contributed by atoms with Crippen LogP contribution in [0.5, 0.6) is 0 Å². The molecule has 0 amide bonds. The Labute approximate surface area is 112 Å². The molecule has 1 aromatic heterocycles. The van der Waals surface area contributed by atoms with Crippen molar-refractivity contribution in [2.75, 3.05) is 0 Å². The molecule has 1 aromatic carbocycles. The predicted octanol–water partition coefficient (Wildman–Crippen LogP) is 2.94. The molecule has 16 heavy (non-hydrogen) atoms. The van der Waals surface area contributed by atoms with Gasteiger partial charge in [-0.25, -0.2) is 9.37 Å². The number of rotatable bonds is 1. The first kappa shape index (κ1) is 11.7. The van der Waals surface area contributed by atoms with Crippen molar-refractivity contribution in [3.05, 3.63) is 48.6 Å². The fourth-order valence-electron chi connectivity index (χ4n) is 1.20. The maximum Gasteiger partial charge on any atom is 0.264 e. The van der Waals surface area contributed by atoms with Crippen molar-refractivity contribution >= 4 is 38.5 Å². The molecule has 0 saturated carbocycles. The van der Waals surface area contributed by atoms with E-state index in [1.807, 2.05) is 22.6 Å². The molecule has 0 atom stereocenters. The van der Waals surface area contributed by atoms with E-state index in [2.05, 4.69) is 25.9 Å². The molecule has 0 aliphatic carbocycles. The van der Waals surface area contributed by atoms with Gasteiger partial charge in [-0.1, -0.05) is 0 Å². The molecule has 0 saturated heterocycles. The largest absolute Gasteiger partial charge is 0.306 e. The Morgan fingerprint density at radius 1 is 1.44 bits per heavy atom. The Morgan fingerprint density at radius 2 is 2.19 bits per heavy atom. The minimum atomic E-state index is -0.344. The minimum absolute atomic E-state index is 0.207. The molecule has 1 N–H and O–H groups in total. The number of aromatic amines is 1. The van der Waals surface area contributed by atoms with Gasteiger partial charge in [0.25, 0.3) is 5.56 Å². The van der Waals surface area contributed by atoms with Gasteiger partial charge in [0.05, 0.1) is 3.57 Å². The lowest BCUT2D eigenvalue weighted by molar-refractivity contribution is 0.627. The summed E-state index contributed by atoms with van der Waals surface area (Å²) < 4.78 is 13.9. The summed E-state index contributed by atoms with van der Waals surface area (Å²) in [4.78, 5) is 18.1. The molecule has 82 valence electrons. The second kappa shape index (κ2) is 4.62. The van der Waals surface area contributed by atoms with Gasteiger partial charge in [-0.3, -0.25) is 4.79 Å². The molecule has 1 heterocycles. The zero-order valence-electron chi connectivity index (χ0n) is 7.80. The Kier molecular flexibility index (Phi) is 3.38. The number of H-pyrrole nitrogens is 1. The number of hydrogen-bond acceptors (Lipinski definition) is 2. The fraction of sp³-hybridized carbons (Fsp3) is 0. The molecule has 0 radical (unpaired) electrons. The van der Waals surface area contributed by atoms with Gasteiger partial charge in [-0.15, -0.1) is 0 Å². The van der Waals surface area contributed by atoms with E-state index in [4.69, 9.17) is 0 Å². The third-order valence-electron chi connectivity index (χ3n) is 1.94. The van der Waals surface area contributed by atoms with Gasteiger partial charge in [-0.2, -0.15) is 0 Å². The average molecular weight is 395 g/mol. The minimum Gasteiger partial charge on any atom is -0.306 e. The van der Waals surface area contributed by atoms with Crippen LogP contribution < -0.4 is 5.56 Å². The van der Waals surface area contributed by atoms with Crippen molar-refractivity contribution in [3.63, 3.8) is 0 Å². The summed E-state index contributed by atoms with van der Waals surface area (Å²) in [6, 6.07) is 4.20. The summed E-state index contributed by atoms with van der Waals surface area (Å²) in [7, 11) is 0. The van der Waals surface area contributed by atoms with Crippen LogP contribution in [0.3, 0.4) is 0 Å². The zero-order valence-corrected chi connectivity index (χ0v) is 11.5. The van der Waals surface area contributed by atoms with E-state index in [0.29, 0.717) is 19.4 Å². The Balaban J connectivity index is 2.59. The fourth-order valence-corrected chi connectivity index (χ4v) is 2.01. The van der Waals surface area contributed by atoms with E-state index in [9.17, 15) is 9.18 Å². The topological polar surface area (TPSA) is 45.8 Å². The van der Waals surface area contributed by atoms with Gasteiger partial charge in [0, 0.05) is 16.2 Å². The van der Waals surface area contributed by atoms with Gasteiger partial charge in [0.15, 0.2) is 0 Å². The summed E-state index contributed by atoms with van der Waals surface area (Å²) in [6.07, 6.45) is 1.48. The van der Waals surface area contributed by atoms with Crippen molar-refractivity contribution in [1.29, 1.82) is 0 Å². The van der Waals surface area contributed by atoms with Crippen molar-refractivity contribution in [2.24, 2.45) is 0 Å². The highest BCUT2D eigenvalue weighted by Gasteiger charge is 2.07. The molecule has 0 bridgehead atoms. The molecule has 0 unspecified atom stereocenters. The van der Waals surface area contributed by atoms with Crippen molar-refractivity contribution in [1.82, 2.24) is 9.97 Å². The number of hydrogen-bond donors (Lipinski definition) is 1. The van der Waals surface area contributed by atoms with E-state index in [0.717, 1.165) is 0 Å². The van der Waals surface area contributed by atoms with Crippen LogP contribution in [0.15, 0.2) is 33.7 Å². The normalized spacial score (nSPS) is 10.4. The second-order valence-corrected chi connectivity index (χ2v) is 5.05. The average Bonchev–Trinajstić information content (AvgIpc) is 2.22. The third kappa shape index (κ3) is 2.32. The smallest absolute Gasteiger partial charge is 0.264 e. The van der Waals surface area contributed by atoms with Crippen LogP contribution in [0.2, 0.25) is 0 Å². The molecule has 6 heteroatoms. The molecule has 0 aliphatic rings. The summed E-state index contributed by atoms with van der Waals surface area (Å²) in [5, 5.41) is 0. The van der Waals surface area contributed by atoms with E-state index in [1.54, 1.807) is 6.07 Å². The van der Waals surface area contributed by atoms with Gasteiger partial charge < -0.3 is 4.98 Å². The van der Waals surface area contributed by atoms with Crippen molar-refractivity contribution in [2.45, 2.75) is 0 Å². The summed E-state index contributed by atoms with van der Waals surface area (Å²) >= 11 is 5.12. The number of benzene rings is 1. The molecule has 0 aliphatic heterocycles. The third-order valence-corrected chi connectivity index (χ3v) is 3.37. The van der Waals surface area contributed by atoms with Gasteiger partial charge >= 0.3 is 0 Å². The first-order valence-electron chi connectivity index (χ1n) is 4.28. The SMILES string of the molecule is O=c1[nH]c(-c2ccc(F)cc2Br)ncc1I. The Morgan fingerprint density at radius 3 is 2.81 bits per heavy atom. The van der Waals surface area contributed by atoms with Crippen LogP contribution in [0.4, 0.5) is 4.39 Å². The van der Waals surface area contributed by atoms with Crippen LogP contribution >= 0.6 is 38.5 Å². The van der Waals surface area contributed by atoms with Crippen LogP contribution in [-0.4, -0.2) is 9.97 Å². The first-order valence-corrected chi connectivity index (χ1v) is 6.15. The number of aromatic nitrogens is 2. The van der Waals surface area contributed by atoms with Gasteiger partial charge in [0.2, 0.25) is 0 Å². The lowest BCUT2D eigenvalue weighted by Crippen LogP contribution is -2.11. The summed E-state index contributed by atoms with van der Waals surface area (Å²) in [6.45, 7) is 0. The molecule has 2 rings (SSSR count). The Bertz CT molecular complexity index is 600. The maximum absolute atomic E-state index is 12.9. The summed E-state index contributed by atoms with van der Waals surface area (Å²) in [5.74, 6) is 0.0702. The molecular weight excluding hydrogens is 390 g/mol. The monoisotopic (exact) mass is 394 g/mol. The standard InChI is InChI=1S/C10H5BrFIN2O/c11-7-3-5(12)1-2-6(7)9-14-4-8(13)10(16)15-9/h1-4H,(H,14,15,16). The highest BCUT2D eigenvalue weighted by molar-refractivity contribution is 14.1. The second-order valence-electron chi connectivity index (χ2n) is 3.03. The van der Waals surface area contributed by atoms with Gasteiger partial charge in [-0.05, 0) is 56.7 Å². The number of halogens is 3. The molecule has 3 nitrogen and oxygen atoms in total. The van der Waals surface area contributed by atoms with E-state index in [-0.39, 0.29) is 11.4 Å². The maximum atomic E-state index is 12.9. The quantitative estimate of drug-likeness (QED) is 0.756. The van der Waals surface area contributed by atoms with Crippen LogP contribution in [0, 0.1) is 9.39 Å². The number of nitrogens with one attached hydrogen (secondary N) is 1. The predicted molar refractivity (Wildman–Crippen MR) is 70.7 cm³/mol. The molecular formula is C10H5BrFIN2O. The molecule has 0 fully saturated rings. The lowest BCUT2D eigenvalue weighted by Gasteiger charge is -2.03. The lowest BCUT2D eigenvalue weighted by atomic mass is 10.2. The highest BCUT2D eigenvalue weighted by Crippen LogP contribution is 2.25. The van der Waals surface area contributed by atoms with Crippen LogP contribution in [0.25, 0.3) is 11.4 Å². The molecule has 0 spiro atoms. The van der Waals surface area contributed by atoms with E-state index < -0.39 is 0 Å². The van der Waals surface area contributed by atoms with Gasteiger partial charge in [0.1, 0.15) is 11.6 Å². The van der Waals surface area contributed by atoms with E-state index >= 15 is 0 Å². The highest BCUT2D eigenvalue weighted by atomic mass is 127.